The van der Waals surface area contributed by atoms with Crippen molar-refractivity contribution in [3.8, 4) is 5.69 Å². The van der Waals surface area contributed by atoms with E-state index in [1.165, 1.54) is 10.6 Å². The van der Waals surface area contributed by atoms with Gasteiger partial charge in [0.15, 0.2) is 0 Å². The summed E-state index contributed by atoms with van der Waals surface area (Å²) in [4.78, 5) is 12.6. The van der Waals surface area contributed by atoms with Crippen LogP contribution in [0.25, 0.3) is 5.69 Å². The van der Waals surface area contributed by atoms with Crippen LogP contribution in [-0.2, 0) is 10.0 Å². The normalized spacial score (nSPS) is 11.8. The van der Waals surface area contributed by atoms with E-state index in [0.717, 1.165) is 21.5 Å². The van der Waals surface area contributed by atoms with E-state index in [9.17, 15) is 13.2 Å². The Morgan fingerprint density at radius 2 is 1.96 bits per heavy atom. The first-order valence-corrected chi connectivity index (χ1v) is 11.5. The van der Waals surface area contributed by atoms with Gasteiger partial charge in [-0.15, -0.1) is 0 Å². The molecule has 1 aromatic carbocycles. The monoisotopic (exact) mass is 455 g/mol. The first kappa shape index (κ1) is 21.7. The second kappa shape index (κ2) is 9.03. The van der Waals surface area contributed by atoms with Crippen molar-refractivity contribution in [2.24, 2.45) is 0 Å². The average Bonchev–Trinajstić information content (AvgIpc) is 2.88. The van der Waals surface area contributed by atoms with E-state index in [1.54, 1.807) is 6.92 Å². The minimum Gasteiger partial charge on any atom is -0.352 e. The maximum absolute atomic E-state index is 12.6. The lowest BCUT2D eigenvalue weighted by molar-refractivity contribution is 0.0952. The fraction of sp³-hybridized carbons (Fsp3) is 0.421. The molecule has 0 aliphatic heterocycles. The summed E-state index contributed by atoms with van der Waals surface area (Å²) in [5.41, 5.74) is 3.47. The third-order valence-electron chi connectivity index (χ3n) is 4.43. The summed E-state index contributed by atoms with van der Waals surface area (Å²) in [5, 5.41) is 2.89. The molecule has 1 aromatic heterocycles. The number of sulfonamides is 1. The third-order valence-corrected chi connectivity index (χ3v) is 6.31. The van der Waals surface area contributed by atoms with E-state index >= 15 is 0 Å². The number of rotatable bonds is 8. The number of hydrogen-bond donors (Lipinski definition) is 1. The molecular weight excluding hydrogens is 430 g/mol. The Morgan fingerprint density at radius 3 is 2.56 bits per heavy atom. The lowest BCUT2D eigenvalue weighted by Crippen LogP contribution is -2.33. The van der Waals surface area contributed by atoms with Gasteiger partial charge in [0, 0.05) is 41.2 Å². The summed E-state index contributed by atoms with van der Waals surface area (Å²) in [5.74, 6) is -0.147. The van der Waals surface area contributed by atoms with Crippen LogP contribution >= 0.6 is 15.9 Å². The Balaban J connectivity index is 2.05. The van der Waals surface area contributed by atoms with E-state index < -0.39 is 10.0 Å². The van der Waals surface area contributed by atoms with Gasteiger partial charge in [-0.3, -0.25) is 4.79 Å². The van der Waals surface area contributed by atoms with Crippen LogP contribution in [-0.4, -0.2) is 49.1 Å². The minimum atomic E-state index is -3.20. The number of aryl methyl sites for hydroxylation is 1. The summed E-state index contributed by atoms with van der Waals surface area (Å²) in [6.45, 7) is 6.94. The van der Waals surface area contributed by atoms with Gasteiger partial charge in [-0.05, 0) is 44.5 Å². The lowest BCUT2D eigenvalue weighted by Gasteiger charge is -2.17. The number of carbonyl (C=O) groups excluding carboxylic acids is 1. The molecule has 0 bridgehead atoms. The molecule has 0 aliphatic carbocycles. The second-order valence-corrected chi connectivity index (χ2v) is 9.36. The molecule has 27 heavy (non-hydrogen) atoms. The lowest BCUT2D eigenvalue weighted by atomic mass is 10.2. The first-order chi connectivity index (χ1) is 12.6. The Morgan fingerprint density at radius 1 is 1.26 bits per heavy atom. The molecular formula is C19H26BrN3O3S. The Kier molecular flexibility index (Phi) is 7.25. The maximum Gasteiger partial charge on any atom is 0.253 e. The van der Waals surface area contributed by atoms with Crippen LogP contribution in [0.1, 0.15) is 35.1 Å². The van der Waals surface area contributed by atoms with Crippen molar-refractivity contribution in [2.45, 2.75) is 27.2 Å². The van der Waals surface area contributed by atoms with E-state index in [0.29, 0.717) is 31.6 Å². The predicted molar refractivity (Wildman–Crippen MR) is 112 cm³/mol. The Hall–Kier alpha value is -1.64. The molecule has 8 heteroatoms. The SMILES string of the molecule is CCN(CCCNC(=O)c1cc(C)n(-c2cccc(Br)c2)c1C)S(C)(=O)=O. The van der Waals surface area contributed by atoms with Gasteiger partial charge in [-0.2, -0.15) is 0 Å². The zero-order chi connectivity index (χ0) is 20.2. The molecule has 0 unspecified atom stereocenters. The smallest absolute Gasteiger partial charge is 0.253 e. The molecule has 2 rings (SSSR count). The van der Waals surface area contributed by atoms with Crippen LogP contribution in [0.5, 0.6) is 0 Å². The topological polar surface area (TPSA) is 71.4 Å². The van der Waals surface area contributed by atoms with E-state index in [-0.39, 0.29) is 5.91 Å². The fourth-order valence-electron chi connectivity index (χ4n) is 3.12. The van der Waals surface area contributed by atoms with Crippen LogP contribution in [0.3, 0.4) is 0 Å². The van der Waals surface area contributed by atoms with Crippen molar-refractivity contribution < 1.29 is 13.2 Å². The van der Waals surface area contributed by atoms with Crippen LogP contribution in [0.2, 0.25) is 0 Å². The number of amides is 1. The molecule has 0 atom stereocenters. The van der Waals surface area contributed by atoms with Gasteiger partial charge >= 0.3 is 0 Å². The number of halogens is 1. The van der Waals surface area contributed by atoms with Crippen molar-refractivity contribution in [3.05, 3.63) is 51.8 Å². The highest BCUT2D eigenvalue weighted by Crippen LogP contribution is 2.23. The quantitative estimate of drug-likeness (QED) is 0.620. The average molecular weight is 456 g/mol. The molecule has 0 spiro atoms. The molecule has 1 N–H and O–H groups in total. The third kappa shape index (κ3) is 5.43. The van der Waals surface area contributed by atoms with Crippen molar-refractivity contribution in [2.75, 3.05) is 25.9 Å². The van der Waals surface area contributed by atoms with Crippen LogP contribution in [0.15, 0.2) is 34.8 Å². The van der Waals surface area contributed by atoms with Gasteiger partial charge in [-0.1, -0.05) is 28.9 Å². The Bertz CT molecular complexity index is 922. The van der Waals surface area contributed by atoms with Crippen LogP contribution in [0, 0.1) is 13.8 Å². The molecule has 0 saturated carbocycles. The largest absolute Gasteiger partial charge is 0.352 e. The van der Waals surface area contributed by atoms with Crippen LogP contribution in [0.4, 0.5) is 0 Å². The van der Waals surface area contributed by atoms with Gasteiger partial charge in [-0.25, -0.2) is 12.7 Å². The highest BCUT2D eigenvalue weighted by Gasteiger charge is 2.17. The minimum absolute atomic E-state index is 0.147. The molecule has 1 amide bonds. The summed E-state index contributed by atoms with van der Waals surface area (Å²) in [7, 11) is -3.20. The zero-order valence-electron chi connectivity index (χ0n) is 16.1. The molecule has 0 saturated heterocycles. The highest BCUT2D eigenvalue weighted by molar-refractivity contribution is 9.10. The van der Waals surface area contributed by atoms with Gasteiger partial charge in [0.05, 0.1) is 11.8 Å². The molecule has 1 heterocycles. The van der Waals surface area contributed by atoms with Gasteiger partial charge in [0.25, 0.3) is 5.91 Å². The molecule has 0 aliphatic rings. The summed E-state index contributed by atoms with van der Waals surface area (Å²) in [6.07, 6.45) is 1.77. The molecule has 148 valence electrons. The zero-order valence-corrected chi connectivity index (χ0v) is 18.5. The van der Waals surface area contributed by atoms with Gasteiger partial charge in [0.2, 0.25) is 10.0 Å². The molecule has 2 aromatic rings. The van der Waals surface area contributed by atoms with Crippen LogP contribution < -0.4 is 5.32 Å². The van der Waals surface area contributed by atoms with Crippen molar-refractivity contribution >= 4 is 31.9 Å². The fourth-order valence-corrected chi connectivity index (χ4v) is 4.43. The number of benzene rings is 1. The summed E-state index contributed by atoms with van der Waals surface area (Å²) >= 11 is 3.48. The van der Waals surface area contributed by atoms with E-state index in [4.69, 9.17) is 0 Å². The van der Waals surface area contributed by atoms with Crippen molar-refractivity contribution in [3.63, 3.8) is 0 Å². The number of nitrogens with one attached hydrogen (secondary N) is 1. The summed E-state index contributed by atoms with van der Waals surface area (Å²) < 4.78 is 27.6. The van der Waals surface area contributed by atoms with Gasteiger partial charge < -0.3 is 9.88 Å². The first-order valence-electron chi connectivity index (χ1n) is 8.83. The molecule has 0 radical (unpaired) electrons. The van der Waals surface area contributed by atoms with Crippen molar-refractivity contribution in [1.29, 1.82) is 0 Å². The molecule has 0 fully saturated rings. The van der Waals surface area contributed by atoms with E-state index in [2.05, 4.69) is 21.2 Å². The van der Waals surface area contributed by atoms with Crippen molar-refractivity contribution in [1.82, 2.24) is 14.2 Å². The number of aromatic nitrogens is 1. The molecule has 6 nitrogen and oxygen atoms in total. The second-order valence-electron chi connectivity index (χ2n) is 6.46. The summed E-state index contributed by atoms with van der Waals surface area (Å²) in [6, 6.07) is 9.80. The predicted octanol–water partition coefficient (Wildman–Crippen LogP) is 3.26. The Labute approximate surface area is 169 Å². The van der Waals surface area contributed by atoms with E-state index in [1.807, 2.05) is 48.7 Å². The standard InChI is InChI=1S/C19H26BrN3O3S/c1-5-22(27(4,25)26)11-7-10-21-19(24)18-12-14(2)23(15(18)3)17-9-6-8-16(20)13-17/h6,8-9,12-13H,5,7,10-11H2,1-4H3,(H,21,24). The number of carbonyl (C=O) groups is 1. The number of hydrogen-bond acceptors (Lipinski definition) is 3. The maximum atomic E-state index is 12.6. The van der Waals surface area contributed by atoms with Gasteiger partial charge in [0.1, 0.15) is 0 Å². The number of nitrogens with zero attached hydrogens (tertiary/aromatic N) is 2. The highest BCUT2D eigenvalue weighted by atomic mass is 79.9.